The first kappa shape index (κ1) is 21.0. The van der Waals surface area contributed by atoms with Crippen molar-refractivity contribution in [1.29, 1.82) is 0 Å². The van der Waals surface area contributed by atoms with Crippen LogP contribution in [0.2, 0.25) is 5.02 Å². The van der Waals surface area contributed by atoms with E-state index < -0.39 is 6.09 Å². The zero-order valence-corrected chi connectivity index (χ0v) is 16.9. The minimum atomic E-state index is -0.427. The van der Waals surface area contributed by atoms with Crippen LogP contribution in [0.4, 0.5) is 4.79 Å². The summed E-state index contributed by atoms with van der Waals surface area (Å²) in [5, 5.41) is 6.54. The number of halogens is 1. The maximum Gasteiger partial charge on any atom is 0.407 e. The van der Waals surface area contributed by atoms with Crippen LogP contribution < -0.4 is 15.4 Å². The molecule has 3 rings (SSSR count). The van der Waals surface area contributed by atoms with E-state index in [4.69, 9.17) is 21.1 Å². The molecule has 0 aromatic heterocycles. The van der Waals surface area contributed by atoms with Crippen molar-refractivity contribution in [2.24, 2.45) is 0 Å². The van der Waals surface area contributed by atoms with Crippen molar-refractivity contribution in [3.05, 3.63) is 65.2 Å². The summed E-state index contributed by atoms with van der Waals surface area (Å²) < 4.78 is 10.7. The van der Waals surface area contributed by atoms with Gasteiger partial charge in [-0.25, -0.2) is 4.79 Å². The van der Waals surface area contributed by atoms with Gasteiger partial charge in [0.05, 0.1) is 0 Å². The van der Waals surface area contributed by atoms with Crippen molar-refractivity contribution < 1.29 is 19.1 Å². The van der Waals surface area contributed by atoms with Gasteiger partial charge in [-0.1, -0.05) is 41.9 Å². The Hall–Kier alpha value is -2.73. The number of benzene rings is 2. The van der Waals surface area contributed by atoms with Crippen LogP contribution >= 0.6 is 11.6 Å². The second-order valence-corrected chi connectivity index (χ2v) is 7.50. The first-order valence-corrected chi connectivity index (χ1v) is 10.1. The maximum atomic E-state index is 12.1. The van der Waals surface area contributed by atoms with Gasteiger partial charge in [0.25, 0.3) is 5.91 Å². The summed E-state index contributed by atoms with van der Waals surface area (Å²) >= 11 is 5.84. The Bertz CT molecular complexity index is 790. The molecule has 6 nitrogen and oxygen atoms in total. The minimum Gasteiger partial charge on any atom is -0.484 e. The number of ether oxygens (including phenoxy) is 2. The van der Waals surface area contributed by atoms with Gasteiger partial charge in [-0.3, -0.25) is 4.79 Å². The molecule has 0 unspecified atom stereocenters. The smallest absolute Gasteiger partial charge is 0.407 e. The largest absolute Gasteiger partial charge is 0.484 e. The van der Waals surface area contributed by atoms with Crippen LogP contribution in [0.5, 0.6) is 5.75 Å². The Morgan fingerprint density at radius 2 is 1.52 bits per heavy atom. The third-order valence-corrected chi connectivity index (χ3v) is 5.06. The van der Waals surface area contributed by atoms with Crippen molar-refractivity contribution in [1.82, 2.24) is 10.6 Å². The fraction of sp³-hybridized carbons (Fsp3) is 0.364. The molecule has 2 amide bonds. The molecule has 0 atom stereocenters. The third kappa shape index (κ3) is 7.31. The Balaban J connectivity index is 1.30. The van der Waals surface area contributed by atoms with E-state index in [0.717, 1.165) is 31.2 Å². The number of hydrogen-bond donors (Lipinski definition) is 2. The molecule has 2 N–H and O–H groups in total. The van der Waals surface area contributed by atoms with Gasteiger partial charge >= 0.3 is 6.09 Å². The van der Waals surface area contributed by atoms with Crippen LogP contribution in [0.15, 0.2) is 54.6 Å². The summed E-state index contributed by atoms with van der Waals surface area (Å²) in [6.07, 6.45) is 2.77. The van der Waals surface area contributed by atoms with E-state index >= 15 is 0 Å². The summed E-state index contributed by atoms with van der Waals surface area (Å²) in [4.78, 5) is 24.0. The van der Waals surface area contributed by atoms with E-state index in [1.165, 1.54) is 0 Å². The normalized spacial score (nSPS) is 18.5. The minimum absolute atomic E-state index is 0.000778. The molecule has 0 radical (unpaired) electrons. The maximum absolute atomic E-state index is 12.1. The molecular formula is C22H25ClN2O4. The van der Waals surface area contributed by atoms with Crippen molar-refractivity contribution in [2.45, 2.75) is 44.4 Å². The molecule has 154 valence electrons. The second kappa shape index (κ2) is 10.7. The lowest BCUT2D eigenvalue weighted by Gasteiger charge is -2.29. The molecule has 0 aliphatic heterocycles. The Labute approximate surface area is 175 Å². The van der Waals surface area contributed by atoms with Crippen LogP contribution in [0.3, 0.4) is 0 Å². The van der Waals surface area contributed by atoms with Gasteiger partial charge in [-0.2, -0.15) is 0 Å². The predicted molar refractivity (Wildman–Crippen MR) is 111 cm³/mol. The molecule has 29 heavy (non-hydrogen) atoms. The molecule has 0 saturated heterocycles. The average molecular weight is 417 g/mol. The van der Waals surface area contributed by atoms with E-state index in [1.807, 2.05) is 42.5 Å². The fourth-order valence-electron chi connectivity index (χ4n) is 3.25. The zero-order valence-electron chi connectivity index (χ0n) is 16.1. The molecule has 0 bridgehead atoms. The van der Waals surface area contributed by atoms with Crippen molar-refractivity contribution >= 4 is 23.6 Å². The lowest BCUT2D eigenvalue weighted by atomic mass is 9.91. The van der Waals surface area contributed by atoms with Crippen LogP contribution in [0.1, 0.15) is 31.2 Å². The lowest BCUT2D eigenvalue weighted by Crippen LogP contribution is -2.45. The molecule has 1 fully saturated rings. The fourth-order valence-corrected chi connectivity index (χ4v) is 3.38. The van der Waals surface area contributed by atoms with E-state index in [2.05, 4.69) is 10.6 Å². The molecule has 0 heterocycles. The molecule has 2 aromatic carbocycles. The standard InChI is InChI=1S/C22H25ClN2O4/c23-17-8-6-16(7-9-17)14-29-22(27)25-19-12-10-18(11-13-19)24-21(26)15-28-20-4-2-1-3-5-20/h1-9,18-19H,10-15H2,(H,24,26)(H,25,27)/t18-,19-. The molecular weight excluding hydrogens is 392 g/mol. The van der Waals surface area contributed by atoms with Gasteiger partial charge in [0.15, 0.2) is 6.61 Å². The van der Waals surface area contributed by atoms with Gasteiger partial charge in [-0.05, 0) is 55.5 Å². The van der Waals surface area contributed by atoms with Gasteiger partial charge in [0.2, 0.25) is 0 Å². The van der Waals surface area contributed by atoms with Gasteiger partial charge < -0.3 is 20.1 Å². The SMILES string of the molecule is O=C(COc1ccccc1)N[C@H]1CC[C@H](NC(=O)OCc2ccc(Cl)cc2)CC1. The predicted octanol–water partition coefficient (Wildman–Crippen LogP) is 4.07. The van der Waals surface area contributed by atoms with E-state index in [9.17, 15) is 9.59 Å². The monoisotopic (exact) mass is 416 g/mol. The van der Waals surface area contributed by atoms with E-state index in [1.54, 1.807) is 12.1 Å². The van der Waals surface area contributed by atoms with Crippen LogP contribution in [-0.4, -0.2) is 30.7 Å². The number of nitrogens with one attached hydrogen (secondary N) is 2. The summed E-state index contributed by atoms with van der Waals surface area (Å²) in [5.41, 5.74) is 0.883. The van der Waals surface area contributed by atoms with E-state index in [0.29, 0.717) is 10.8 Å². The molecule has 2 aromatic rings. The van der Waals surface area contributed by atoms with Crippen molar-refractivity contribution in [3.63, 3.8) is 0 Å². The number of alkyl carbamates (subject to hydrolysis) is 1. The molecule has 1 aliphatic rings. The highest BCUT2D eigenvalue weighted by molar-refractivity contribution is 6.30. The second-order valence-electron chi connectivity index (χ2n) is 7.06. The summed E-state index contributed by atoms with van der Waals surface area (Å²) in [7, 11) is 0. The van der Waals surface area contributed by atoms with Crippen molar-refractivity contribution in [2.75, 3.05) is 6.61 Å². The third-order valence-electron chi connectivity index (χ3n) is 4.81. The summed E-state index contributed by atoms with van der Waals surface area (Å²) in [5.74, 6) is 0.542. The Morgan fingerprint density at radius 3 is 2.17 bits per heavy atom. The van der Waals surface area contributed by atoms with Crippen LogP contribution in [-0.2, 0) is 16.1 Å². The number of carbonyl (C=O) groups is 2. The first-order chi connectivity index (χ1) is 14.1. The topological polar surface area (TPSA) is 76.7 Å². The summed E-state index contributed by atoms with van der Waals surface area (Å²) in [6, 6.07) is 16.6. The Kier molecular flexibility index (Phi) is 7.76. The number of rotatable bonds is 7. The quantitative estimate of drug-likeness (QED) is 0.713. The lowest BCUT2D eigenvalue weighted by molar-refractivity contribution is -0.124. The number of carbonyl (C=O) groups excluding carboxylic acids is 2. The van der Waals surface area contributed by atoms with Crippen LogP contribution in [0.25, 0.3) is 0 Å². The molecule has 0 spiro atoms. The molecule has 7 heteroatoms. The van der Waals surface area contributed by atoms with Gasteiger partial charge in [0, 0.05) is 17.1 Å². The van der Waals surface area contributed by atoms with Crippen LogP contribution in [0, 0.1) is 0 Å². The van der Waals surface area contributed by atoms with Gasteiger partial charge in [-0.15, -0.1) is 0 Å². The van der Waals surface area contributed by atoms with E-state index in [-0.39, 0.29) is 31.2 Å². The highest BCUT2D eigenvalue weighted by Gasteiger charge is 2.24. The first-order valence-electron chi connectivity index (χ1n) is 9.73. The zero-order chi connectivity index (χ0) is 20.5. The molecule has 1 aliphatic carbocycles. The number of amides is 2. The van der Waals surface area contributed by atoms with Gasteiger partial charge in [0.1, 0.15) is 12.4 Å². The van der Waals surface area contributed by atoms with Crippen molar-refractivity contribution in [3.8, 4) is 5.75 Å². The summed E-state index contributed by atoms with van der Waals surface area (Å²) in [6.45, 7) is 0.203. The highest BCUT2D eigenvalue weighted by Crippen LogP contribution is 2.19. The highest BCUT2D eigenvalue weighted by atomic mass is 35.5. The number of para-hydroxylation sites is 1. The molecule has 1 saturated carbocycles. The number of hydrogen-bond acceptors (Lipinski definition) is 4. The average Bonchev–Trinajstić information content (AvgIpc) is 2.74. The Morgan fingerprint density at radius 1 is 0.897 bits per heavy atom.